The number of rotatable bonds is 25. The van der Waals surface area contributed by atoms with Crippen LogP contribution in [0, 0.1) is 5.92 Å². The van der Waals surface area contributed by atoms with Crippen molar-refractivity contribution in [2.24, 2.45) is 11.7 Å². The summed E-state index contributed by atoms with van der Waals surface area (Å²) in [6, 6.07) is -0.0919. The minimum Gasteiger partial charge on any atom is -0.371 e. The van der Waals surface area contributed by atoms with Crippen LogP contribution in [-0.4, -0.2) is 68.2 Å². The standard InChI is InChI=1S/C40H66N4O3/c1-6-9-10-11-12-13-14-15-16-17-18-19-20-21-22-23-24-25-26-27-39(45)42-28-30-44(5)31-29-43-40(46)35-32-37(41)34(4)38(33-35)47-36(7-2)8-3/h9-10,12-13,15-16,18-19,21-22,24-25,33-34,36-38H,6-8,11,14,17,20,23,26-32,41H2,1-5H3,(H,42,45)(H,43,46)/b10-9-,13-12-,16-15-,19-18-,22-21-,25-24-/t34-,37+,38-/m1/s1. The summed E-state index contributed by atoms with van der Waals surface area (Å²) in [6.45, 7) is 11.0. The average molecular weight is 651 g/mol. The number of allylic oxidation sites excluding steroid dienone is 12. The van der Waals surface area contributed by atoms with E-state index in [1.165, 1.54) is 0 Å². The average Bonchev–Trinajstić information content (AvgIpc) is 3.06. The largest absolute Gasteiger partial charge is 0.371 e. The molecule has 4 N–H and O–H groups in total. The molecule has 7 heteroatoms. The van der Waals surface area contributed by atoms with Crippen LogP contribution < -0.4 is 16.4 Å². The Balaban J connectivity index is 2.12. The van der Waals surface area contributed by atoms with E-state index in [1.807, 2.05) is 13.1 Å². The Labute approximate surface area is 287 Å². The quantitative estimate of drug-likeness (QED) is 0.0890. The number of likely N-dealkylation sites (N-methyl/N-ethyl adjacent to an activating group) is 1. The van der Waals surface area contributed by atoms with E-state index in [1.54, 1.807) is 0 Å². The van der Waals surface area contributed by atoms with Crippen LogP contribution in [0.1, 0.15) is 98.3 Å². The Kier molecular flexibility index (Phi) is 25.1. The minimum atomic E-state index is -0.130. The molecule has 2 amide bonds. The van der Waals surface area contributed by atoms with Gasteiger partial charge in [-0.15, -0.1) is 0 Å². The molecule has 0 heterocycles. The first-order valence-corrected chi connectivity index (χ1v) is 18.1. The van der Waals surface area contributed by atoms with Gasteiger partial charge in [0, 0.05) is 50.1 Å². The highest BCUT2D eigenvalue weighted by atomic mass is 16.5. The van der Waals surface area contributed by atoms with Crippen molar-refractivity contribution in [1.29, 1.82) is 0 Å². The van der Waals surface area contributed by atoms with Crippen LogP contribution in [-0.2, 0) is 14.3 Å². The number of hydrogen-bond acceptors (Lipinski definition) is 5. The fourth-order valence-corrected chi connectivity index (χ4v) is 5.05. The molecular formula is C40H66N4O3. The SMILES string of the molecule is CC/C=C\C/C=C\C/C=C\C/C=C\C/C=C\C/C=C\CCC(=O)NCCN(C)CCNC(=O)C1=C[C@@H](OC(CC)CC)[C@H](C)[C@@H](N)C1. The Morgan fingerprint density at radius 1 is 0.830 bits per heavy atom. The van der Waals surface area contributed by atoms with Gasteiger partial charge < -0.3 is 26.0 Å². The summed E-state index contributed by atoms with van der Waals surface area (Å²) >= 11 is 0. The van der Waals surface area contributed by atoms with Gasteiger partial charge in [-0.25, -0.2) is 0 Å². The summed E-state index contributed by atoms with van der Waals surface area (Å²) in [4.78, 5) is 27.1. The molecule has 47 heavy (non-hydrogen) atoms. The predicted octanol–water partition coefficient (Wildman–Crippen LogP) is 7.50. The van der Waals surface area contributed by atoms with Crippen molar-refractivity contribution in [3.63, 3.8) is 0 Å². The Hall–Kier alpha value is -3.00. The van der Waals surface area contributed by atoms with Gasteiger partial charge in [0.15, 0.2) is 0 Å². The van der Waals surface area contributed by atoms with Crippen molar-refractivity contribution in [3.8, 4) is 0 Å². The van der Waals surface area contributed by atoms with Gasteiger partial charge >= 0.3 is 0 Å². The number of hydrogen-bond donors (Lipinski definition) is 3. The highest BCUT2D eigenvalue weighted by Gasteiger charge is 2.31. The lowest BCUT2D eigenvalue weighted by atomic mass is 9.84. The van der Waals surface area contributed by atoms with E-state index in [4.69, 9.17) is 10.5 Å². The molecule has 264 valence electrons. The molecule has 0 aliphatic heterocycles. The third-order valence-electron chi connectivity index (χ3n) is 8.30. The van der Waals surface area contributed by atoms with Gasteiger partial charge in [-0.2, -0.15) is 0 Å². The first-order chi connectivity index (χ1) is 22.8. The topological polar surface area (TPSA) is 96.7 Å². The van der Waals surface area contributed by atoms with E-state index < -0.39 is 0 Å². The number of amides is 2. The zero-order chi connectivity index (χ0) is 34.5. The summed E-state index contributed by atoms with van der Waals surface area (Å²) in [5.41, 5.74) is 7.07. The predicted molar refractivity (Wildman–Crippen MR) is 200 cm³/mol. The molecule has 0 bridgehead atoms. The molecular weight excluding hydrogens is 584 g/mol. The van der Waals surface area contributed by atoms with Gasteiger partial charge in [-0.1, -0.05) is 101 Å². The van der Waals surface area contributed by atoms with E-state index >= 15 is 0 Å². The molecule has 1 rings (SSSR count). The Morgan fingerprint density at radius 2 is 1.32 bits per heavy atom. The molecule has 1 aliphatic carbocycles. The zero-order valence-electron chi connectivity index (χ0n) is 30.2. The van der Waals surface area contributed by atoms with Gasteiger partial charge in [-0.3, -0.25) is 9.59 Å². The second-order valence-corrected chi connectivity index (χ2v) is 12.3. The summed E-state index contributed by atoms with van der Waals surface area (Å²) in [6.07, 6.45) is 37.8. The van der Waals surface area contributed by atoms with Crippen LogP contribution >= 0.6 is 0 Å². The monoisotopic (exact) mass is 651 g/mol. The third-order valence-corrected chi connectivity index (χ3v) is 8.30. The number of carbonyl (C=O) groups is 2. The molecule has 0 saturated carbocycles. The minimum absolute atomic E-state index is 0.0613. The fourth-order valence-electron chi connectivity index (χ4n) is 5.05. The molecule has 1 aliphatic rings. The van der Waals surface area contributed by atoms with Crippen LogP contribution in [0.25, 0.3) is 0 Å². The van der Waals surface area contributed by atoms with Crippen molar-refractivity contribution in [3.05, 3.63) is 84.6 Å². The highest BCUT2D eigenvalue weighted by Crippen LogP contribution is 2.27. The van der Waals surface area contributed by atoms with Gasteiger partial charge in [0.25, 0.3) is 0 Å². The summed E-state index contributed by atoms with van der Waals surface area (Å²) in [5.74, 6) is 0.173. The van der Waals surface area contributed by atoms with E-state index in [0.717, 1.165) is 64.3 Å². The van der Waals surface area contributed by atoms with E-state index in [9.17, 15) is 9.59 Å². The molecule has 0 aromatic heterocycles. The maximum atomic E-state index is 12.8. The maximum Gasteiger partial charge on any atom is 0.247 e. The van der Waals surface area contributed by atoms with Crippen molar-refractivity contribution in [2.75, 3.05) is 33.2 Å². The second kappa shape index (κ2) is 28.1. The Bertz CT molecular complexity index is 1050. The van der Waals surface area contributed by atoms with Crippen molar-refractivity contribution in [1.82, 2.24) is 15.5 Å². The molecule has 0 radical (unpaired) electrons. The third kappa shape index (κ3) is 21.5. The van der Waals surface area contributed by atoms with Gasteiger partial charge in [0.2, 0.25) is 11.8 Å². The van der Waals surface area contributed by atoms with Crippen LogP contribution in [0.15, 0.2) is 84.6 Å². The van der Waals surface area contributed by atoms with Gasteiger partial charge in [0.1, 0.15) is 0 Å². The number of nitrogens with zero attached hydrogens (tertiary/aromatic N) is 1. The van der Waals surface area contributed by atoms with Crippen molar-refractivity contribution < 1.29 is 14.3 Å². The second-order valence-electron chi connectivity index (χ2n) is 12.3. The lowest BCUT2D eigenvalue weighted by Crippen LogP contribution is -2.44. The van der Waals surface area contributed by atoms with Gasteiger partial charge in [0.05, 0.1) is 12.2 Å². The molecule has 0 spiro atoms. The maximum absolute atomic E-state index is 12.8. The summed E-state index contributed by atoms with van der Waals surface area (Å²) in [7, 11) is 1.99. The van der Waals surface area contributed by atoms with Crippen molar-refractivity contribution >= 4 is 11.8 Å². The molecule has 0 saturated heterocycles. The van der Waals surface area contributed by atoms with E-state index in [0.29, 0.717) is 38.0 Å². The Morgan fingerprint density at radius 3 is 1.83 bits per heavy atom. The lowest BCUT2D eigenvalue weighted by molar-refractivity contribution is -0.121. The number of nitrogens with two attached hydrogens (primary N) is 1. The lowest BCUT2D eigenvalue weighted by Gasteiger charge is -2.34. The summed E-state index contributed by atoms with van der Waals surface area (Å²) in [5, 5.41) is 6.02. The number of ether oxygens (including phenoxy) is 1. The van der Waals surface area contributed by atoms with Crippen LogP contribution in [0.4, 0.5) is 0 Å². The fraction of sp³-hybridized carbons (Fsp3) is 0.600. The molecule has 7 nitrogen and oxygen atoms in total. The molecule has 0 unspecified atom stereocenters. The molecule has 0 aromatic rings. The number of carbonyl (C=O) groups excluding carboxylic acids is 2. The van der Waals surface area contributed by atoms with Gasteiger partial charge in [-0.05, 0) is 77.3 Å². The van der Waals surface area contributed by atoms with Crippen molar-refractivity contribution in [2.45, 2.75) is 117 Å². The zero-order valence-corrected chi connectivity index (χ0v) is 30.2. The smallest absolute Gasteiger partial charge is 0.247 e. The van der Waals surface area contributed by atoms with Crippen LogP contribution in [0.2, 0.25) is 0 Å². The highest BCUT2D eigenvalue weighted by molar-refractivity contribution is 5.93. The van der Waals surface area contributed by atoms with E-state index in [2.05, 4.69) is 116 Å². The first kappa shape index (κ1) is 42.0. The molecule has 3 atom stereocenters. The molecule has 0 aromatic carbocycles. The summed E-state index contributed by atoms with van der Waals surface area (Å²) < 4.78 is 6.25. The molecule has 0 fully saturated rings. The van der Waals surface area contributed by atoms with Crippen LogP contribution in [0.3, 0.4) is 0 Å². The van der Waals surface area contributed by atoms with E-state index in [-0.39, 0.29) is 36.0 Å². The number of nitrogens with one attached hydrogen (secondary N) is 2. The van der Waals surface area contributed by atoms with Crippen LogP contribution in [0.5, 0.6) is 0 Å². The first-order valence-electron chi connectivity index (χ1n) is 18.1. The normalized spacial score (nSPS) is 19.1.